The average molecular weight is 460 g/mol. The zero-order chi connectivity index (χ0) is 24.1. The molecule has 4 N–H and O–H groups in total. The summed E-state index contributed by atoms with van der Waals surface area (Å²) < 4.78 is 0. The summed E-state index contributed by atoms with van der Waals surface area (Å²) in [7, 11) is 0. The number of carbonyl (C=O) groups is 4. The lowest BCUT2D eigenvalue weighted by Gasteiger charge is -2.29. The predicted molar refractivity (Wildman–Crippen MR) is 126 cm³/mol. The lowest BCUT2D eigenvalue weighted by atomic mass is 9.98. The van der Waals surface area contributed by atoms with Crippen molar-refractivity contribution in [3.05, 3.63) is 83.9 Å². The molecule has 3 aromatic carbocycles. The second kappa shape index (κ2) is 10.2. The summed E-state index contributed by atoms with van der Waals surface area (Å²) in [5.74, 6) is -2.67. The molecule has 3 aromatic rings. The number of amides is 3. The Kier molecular flexibility index (Phi) is 6.87. The predicted octanol–water partition coefficient (Wildman–Crippen LogP) is 1.57. The van der Waals surface area contributed by atoms with Crippen molar-refractivity contribution < 1.29 is 24.3 Å². The minimum absolute atomic E-state index is 0.0881. The summed E-state index contributed by atoms with van der Waals surface area (Å²) in [6.07, 6.45) is 0.0726. The molecule has 3 amide bonds. The van der Waals surface area contributed by atoms with E-state index in [1.165, 1.54) is 0 Å². The van der Waals surface area contributed by atoms with Gasteiger partial charge in [0.15, 0.2) is 0 Å². The van der Waals surface area contributed by atoms with Crippen LogP contribution in [-0.4, -0.2) is 46.9 Å². The summed E-state index contributed by atoms with van der Waals surface area (Å²) in [6.45, 7) is 0. The minimum atomic E-state index is -1.18. The highest BCUT2D eigenvalue weighted by atomic mass is 16.4. The third-order valence-corrected chi connectivity index (χ3v) is 5.88. The van der Waals surface area contributed by atoms with E-state index >= 15 is 0 Å². The molecule has 8 nitrogen and oxygen atoms in total. The molecule has 0 saturated carbocycles. The number of hydrogen-bond acceptors (Lipinski definition) is 4. The van der Waals surface area contributed by atoms with E-state index in [1.54, 1.807) is 0 Å². The number of carboxylic acid groups (broad SMARTS) is 1. The highest BCUT2D eigenvalue weighted by Crippen LogP contribution is 2.20. The van der Waals surface area contributed by atoms with Gasteiger partial charge in [0.05, 0.1) is 6.42 Å². The maximum absolute atomic E-state index is 12.6. The number of aliphatic carboxylic acids is 1. The van der Waals surface area contributed by atoms with E-state index in [4.69, 9.17) is 0 Å². The Balaban J connectivity index is 1.37. The number of nitrogens with one attached hydrogen (secondary N) is 3. The van der Waals surface area contributed by atoms with Crippen LogP contribution < -0.4 is 16.0 Å². The number of benzene rings is 3. The quantitative estimate of drug-likeness (QED) is 0.407. The summed E-state index contributed by atoms with van der Waals surface area (Å²) in [5, 5.41) is 19.3. The van der Waals surface area contributed by atoms with Gasteiger partial charge in [-0.3, -0.25) is 14.4 Å². The largest absolute Gasteiger partial charge is 0.480 e. The Hall–Kier alpha value is -4.20. The molecule has 1 aliphatic rings. The van der Waals surface area contributed by atoms with E-state index in [1.807, 2.05) is 72.8 Å². The van der Waals surface area contributed by atoms with Crippen molar-refractivity contribution in [2.45, 2.75) is 37.4 Å². The van der Waals surface area contributed by atoms with Crippen LogP contribution in [0.2, 0.25) is 0 Å². The van der Waals surface area contributed by atoms with Crippen LogP contribution in [0, 0.1) is 0 Å². The Labute approximate surface area is 196 Å². The molecular formula is C26H25N3O5. The van der Waals surface area contributed by atoms with Crippen LogP contribution in [0.1, 0.15) is 17.5 Å². The van der Waals surface area contributed by atoms with Gasteiger partial charge in [0.25, 0.3) is 0 Å². The van der Waals surface area contributed by atoms with Crippen LogP contribution in [0.25, 0.3) is 10.8 Å². The van der Waals surface area contributed by atoms with Crippen molar-refractivity contribution in [1.82, 2.24) is 16.0 Å². The Morgan fingerprint density at radius 3 is 2.26 bits per heavy atom. The molecule has 34 heavy (non-hydrogen) atoms. The Morgan fingerprint density at radius 1 is 0.853 bits per heavy atom. The minimum Gasteiger partial charge on any atom is -0.480 e. The third-order valence-electron chi connectivity index (χ3n) is 5.88. The van der Waals surface area contributed by atoms with Gasteiger partial charge in [-0.1, -0.05) is 72.8 Å². The van der Waals surface area contributed by atoms with Crippen molar-refractivity contribution in [2.24, 2.45) is 0 Å². The molecule has 1 aliphatic heterocycles. The van der Waals surface area contributed by atoms with Gasteiger partial charge in [-0.2, -0.15) is 0 Å². The molecule has 0 aliphatic carbocycles. The fourth-order valence-electron chi connectivity index (χ4n) is 4.14. The van der Waals surface area contributed by atoms with Gasteiger partial charge in [0.2, 0.25) is 17.7 Å². The first kappa shape index (κ1) is 23.0. The van der Waals surface area contributed by atoms with Crippen molar-refractivity contribution in [1.29, 1.82) is 0 Å². The van der Waals surface area contributed by atoms with Crippen LogP contribution in [-0.2, 0) is 32.0 Å². The van der Waals surface area contributed by atoms with Crippen molar-refractivity contribution in [3.63, 3.8) is 0 Å². The van der Waals surface area contributed by atoms with Gasteiger partial charge in [0, 0.05) is 12.8 Å². The molecule has 1 heterocycles. The molecule has 174 valence electrons. The standard InChI is InChI=1S/C26H25N3O5/c30-23(15-21-25(32)28-20(24(31)29-21)13-16-7-2-1-3-8-16)27-22(26(33)34)14-18-11-6-10-17-9-4-5-12-19(17)18/h1-12,20-22H,13-15H2,(H,27,30)(H,28,32)(H,29,31)(H,33,34)/t20-,21-,22-/m0/s1. The van der Waals surface area contributed by atoms with Gasteiger partial charge in [-0.15, -0.1) is 0 Å². The zero-order valence-corrected chi connectivity index (χ0v) is 18.4. The molecule has 3 atom stereocenters. The second-order valence-corrected chi connectivity index (χ2v) is 8.32. The van der Waals surface area contributed by atoms with Gasteiger partial charge in [-0.05, 0) is 21.9 Å². The molecule has 0 aromatic heterocycles. The molecule has 0 bridgehead atoms. The first-order chi connectivity index (χ1) is 16.4. The first-order valence-corrected chi connectivity index (χ1v) is 11.0. The van der Waals surface area contributed by atoms with E-state index in [-0.39, 0.29) is 18.7 Å². The molecule has 1 saturated heterocycles. The fraction of sp³-hybridized carbons (Fsp3) is 0.231. The Bertz CT molecular complexity index is 1220. The molecular weight excluding hydrogens is 434 g/mol. The third kappa shape index (κ3) is 5.40. The first-order valence-electron chi connectivity index (χ1n) is 11.0. The van der Waals surface area contributed by atoms with E-state index in [9.17, 15) is 24.3 Å². The highest BCUT2D eigenvalue weighted by Gasteiger charge is 2.35. The topological polar surface area (TPSA) is 125 Å². The van der Waals surface area contributed by atoms with Crippen LogP contribution >= 0.6 is 0 Å². The number of piperazine rings is 1. The molecule has 0 unspecified atom stereocenters. The van der Waals surface area contributed by atoms with Gasteiger partial charge in [-0.25, -0.2) is 4.79 Å². The van der Waals surface area contributed by atoms with E-state index in [0.29, 0.717) is 6.42 Å². The SMILES string of the molecule is O=C(C[C@@H]1NC(=O)[C@H](Cc2ccccc2)NC1=O)N[C@@H](Cc1cccc2ccccc12)C(=O)O. The number of carbonyl (C=O) groups excluding carboxylic acids is 3. The molecule has 1 fully saturated rings. The highest BCUT2D eigenvalue weighted by molar-refractivity contribution is 5.99. The monoisotopic (exact) mass is 459 g/mol. The van der Waals surface area contributed by atoms with Crippen molar-refractivity contribution >= 4 is 34.5 Å². The van der Waals surface area contributed by atoms with Crippen LogP contribution in [0.5, 0.6) is 0 Å². The maximum atomic E-state index is 12.6. The molecule has 4 rings (SSSR count). The van der Waals surface area contributed by atoms with Gasteiger partial charge >= 0.3 is 5.97 Å². The number of fused-ring (bicyclic) bond motifs is 1. The number of hydrogen-bond donors (Lipinski definition) is 4. The summed E-state index contributed by atoms with van der Waals surface area (Å²) in [6, 6.07) is 19.5. The van der Waals surface area contributed by atoms with Crippen molar-refractivity contribution in [2.75, 3.05) is 0 Å². The van der Waals surface area contributed by atoms with Crippen LogP contribution in [0.3, 0.4) is 0 Å². The molecule has 8 heteroatoms. The number of rotatable bonds is 8. The number of carboxylic acids is 1. The Morgan fingerprint density at radius 2 is 1.50 bits per heavy atom. The van der Waals surface area contributed by atoms with Gasteiger partial charge < -0.3 is 21.1 Å². The average Bonchev–Trinajstić information content (AvgIpc) is 2.82. The van der Waals surface area contributed by atoms with Gasteiger partial charge in [0.1, 0.15) is 18.1 Å². The second-order valence-electron chi connectivity index (χ2n) is 8.32. The van der Waals surface area contributed by atoms with Crippen LogP contribution in [0.15, 0.2) is 72.8 Å². The maximum Gasteiger partial charge on any atom is 0.326 e. The summed E-state index contributed by atoms with van der Waals surface area (Å²) >= 11 is 0. The zero-order valence-electron chi connectivity index (χ0n) is 18.4. The normalized spacial score (nSPS) is 18.6. The van der Waals surface area contributed by atoms with E-state index < -0.39 is 35.9 Å². The summed E-state index contributed by atoms with van der Waals surface area (Å²) in [4.78, 5) is 49.4. The smallest absolute Gasteiger partial charge is 0.326 e. The van der Waals surface area contributed by atoms with Crippen LogP contribution in [0.4, 0.5) is 0 Å². The lowest BCUT2D eigenvalue weighted by Crippen LogP contribution is -2.63. The lowest BCUT2D eigenvalue weighted by molar-refractivity contribution is -0.142. The summed E-state index contributed by atoms with van der Waals surface area (Å²) in [5.41, 5.74) is 1.69. The molecule has 0 radical (unpaired) electrons. The fourth-order valence-corrected chi connectivity index (χ4v) is 4.14. The van der Waals surface area contributed by atoms with E-state index in [0.717, 1.165) is 21.9 Å². The van der Waals surface area contributed by atoms with E-state index in [2.05, 4.69) is 16.0 Å². The van der Waals surface area contributed by atoms with Crippen molar-refractivity contribution in [3.8, 4) is 0 Å². The molecule has 0 spiro atoms.